The van der Waals surface area contributed by atoms with Crippen LogP contribution in [-0.2, 0) is 24.7 Å². The minimum Gasteiger partial charge on any atom is -0.484 e. The molecule has 0 atom stereocenters. The van der Waals surface area contributed by atoms with E-state index in [1.807, 2.05) is 54.2 Å². The third kappa shape index (κ3) is 5.28. The molecule has 0 spiro atoms. The van der Waals surface area contributed by atoms with Crippen molar-refractivity contribution in [1.29, 1.82) is 0 Å². The van der Waals surface area contributed by atoms with E-state index >= 15 is 0 Å². The Hall–Kier alpha value is -3.20. The number of fused-ring (bicyclic) bond motifs is 1. The first kappa shape index (κ1) is 25.4. The molecule has 1 saturated heterocycles. The number of aryl methyl sites for hydroxylation is 4. The highest BCUT2D eigenvalue weighted by atomic mass is 32.1. The van der Waals surface area contributed by atoms with Crippen molar-refractivity contribution >= 4 is 29.0 Å². The first-order valence-electron chi connectivity index (χ1n) is 13.1. The number of rotatable bonds is 6. The summed E-state index contributed by atoms with van der Waals surface area (Å²) in [7, 11) is 3.73. The Morgan fingerprint density at radius 1 is 1.14 bits per heavy atom. The molecule has 5 rings (SSSR count). The number of benzene rings is 1. The third-order valence-electron chi connectivity index (χ3n) is 7.69. The summed E-state index contributed by atoms with van der Waals surface area (Å²) in [4.78, 5) is 34.3. The number of piperidine rings is 1. The number of carbonyl (C=O) groups is 2. The lowest BCUT2D eigenvalue weighted by atomic mass is 9.97. The van der Waals surface area contributed by atoms with Crippen LogP contribution in [0.3, 0.4) is 0 Å². The van der Waals surface area contributed by atoms with E-state index in [2.05, 4.69) is 12.0 Å². The molecule has 2 aliphatic rings. The van der Waals surface area contributed by atoms with Gasteiger partial charge in [-0.15, -0.1) is 11.3 Å². The van der Waals surface area contributed by atoms with Crippen LogP contribution in [-0.4, -0.2) is 58.2 Å². The Bertz CT molecular complexity index is 1310. The van der Waals surface area contributed by atoms with Crippen LogP contribution in [0.1, 0.15) is 69.5 Å². The van der Waals surface area contributed by atoms with E-state index in [4.69, 9.17) is 9.72 Å². The Morgan fingerprint density at radius 3 is 2.65 bits per heavy atom. The van der Waals surface area contributed by atoms with E-state index in [1.54, 1.807) is 16.2 Å². The Balaban J connectivity index is 1.16. The fraction of sp³-hybridized carbons (Fsp3) is 0.500. The monoisotopic (exact) mass is 521 g/mol. The molecule has 0 bridgehead atoms. The van der Waals surface area contributed by atoms with E-state index in [9.17, 15) is 9.59 Å². The number of likely N-dealkylation sites (tertiary alicyclic amines) is 1. The van der Waals surface area contributed by atoms with Crippen LogP contribution < -0.4 is 9.64 Å². The van der Waals surface area contributed by atoms with Gasteiger partial charge in [-0.3, -0.25) is 19.2 Å². The van der Waals surface area contributed by atoms with Gasteiger partial charge in [0.05, 0.1) is 10.7 Å². The van der Waals surface area contributed by atoms with Crippen LogP contribution in [0.2, 0.25) is 0 Å². The number of hydrogen-bond acceptors (Lipinski definition) is 6. The molecule has 3 aromatic rings. The number of nitrogens with zero attached hydrogens (tertiary/aromatic N) is 5. The SMILES string of the molecule is Cc1ccc(OCC(=O)N2CCC(c3nc(C(=O)N(C)c4c5c(nn4C)CCCC5)cs3)CC2)cc1C. The van der Waals surface area contributed by atoms with Crippen molar-refractivity contribution in [2.45, 2.75) is 58.3 Å². The lowest BCUT2D eigenvalue weighted by molar-refractivity contribution is -0.134. The molecule has 1 aliphatic carbocycles. The van der Waals surface area contributed by atoms with E-state index in [-0.39, 0.29) is 24.3 Å². The Kier molecular flexibility index (Phi) is 7.33. The summed E-state index contributed by atoms with van der Waals surface area (Å²) >= 11 is 1.54. The van der Waals surface area contributed by atoms with Crippen LogP contribution >= 0.6 is 11.3 Å². The number of thiazole rings is 1. The molecule has 0 radical (unpaired) electrons. The van der Waals surface area contributed by atoms with Gasteiger partial charge in [0.15, 0.2) is 6.61 Å². The van der Waals surface area contributed by atoms with Crippen molar-refractivity contribution in [2.24, 2.45) is 7.05 Å². The van der Waals surface area contributed by atoms with Crippen LogP contribution in [0.15, 0.2) is 23.6 Å². The Morgan fingerprint density at radius 2 is 1.89 bits per heavy atom. The average Bonchev–Trinajstić information content (AvgIpc) is 3.53. The summed E-state index contributed by atoms with van der Waals surface area (Å²) in [5, 5.41) is 7.49. The number of ether oxygens (including phenoxy) is 1. The second-order valence-electron chi connectivity index (χ2n) is 10.2. The van der Waals surface area contributed by atoms with Gasteiger partial charge in [-0.25, -0.2) is 4.98 Å². The maximum absolute atomic E-state index is 13.3. The van der Waals surface area contributed by atoms with Crippen LogP contribution in [0.25, 0.3) is 0 Å². The highest BCUT2D eigenvalue weighted by Gasteiger charge is 2.29. The van der Waals surface area contributed by atoms with Crippen LogP contribution in [0.4, 0.5) is 5.82 Å². The maximum Gasteiger partial charge on any atom is 0.278 e. The van der Waals surface area contributed by atoms with Crippen molar-refractivity contribution in [2.75, 3.05) is 31.6 Å². The molecule has 0 saturated carbocycles. The predicted octanol–water partition coefficient (Wildman–Crippen LogP) is 4.43. The van der Waals surface area contributed by atoms with E-state index < -0.39 is 0 Å². The normalized spacial score (nSPS) is 15.9. The number of carbonyl (C=O) groups excluding carboxylic acids is 2. The smallest absolute Gasteiger partial charge is 0.278 e. The molecule has 0 unspecified atom stereocenters. The minimum absolute atomic E-state index is 0.00724. The fourth-order valence-electron chi connectivity index (χ4n) is 5.34. The minimum atomic E-state index is -0.102. The first-order chi connectivity index (χ1) is 17.8. The second-order valence-corrected chi connectivity index (χ2v) is 11.1. The zero-order valence-corrected chi connectivity index (χ0v) is 22.9. The van der Waals surface area contributed by atoms with Gasteiger partial charge < -0.3 is 9.64 Å². The van der Waals surface area contributed by atoms with Gasteiger partial charge in [0.1, 0.15) is 17.3 Å². The van der Waals surface area contributed by atoms with Gasteiger partial charge in [-0.1, -0.05) is 6.07 Å². The highest BCUT2D eigenvalue weighted by molar-refractivity contribution is 7.10. The molecule has 196 valence electrons. The van der Waals surface area contributed by atoms with Crippen molar-refractivity contribution in [3.8, 4) is 5.75 Å². The summed E-state index contributed by atoms with van der Waals surface area (Å²) in [5.41, 5.74) is 5.14. The summed E-state index contributed by atoms with van der Waals surface area (Å²) < 4.78 is 7.58. The van der Waals surface area contributed by atoms with E-state index in [1.165, 1.54) is 11.1 Å². The highest BCUT2D eigenvalue weighted by Crippen LogP contribution is 2.33. The zero-order valence-electron chi connectivity index (χ0n) is 22.1. The summed E-state index contributed by atoms with van der Waals surface area (Å²) in [5.74, 6) is 1.76. The fourth-order valence-corrected chi connectivity index (χ4v) is 6.31. The molecule has 2 aromatic heterocycles. The molecule has 8 nitrogen and oxygen atoms in total. The number of anilines is 1. The number of hydrogen-bond donors (Lipinski definition) is 0. The van der Waals surface area contributed by atoms with Crippen LogP contribution in [0.5, 0.6) is 5.75 Å². The number of aromatic nitrogens is 3. The summed E-state index contributed by atoms with van der Waals surface area (Å²) in [6.45, 7) is 5.48. The van der Waals surface area contributed by atoms with Crippen molar-refractivity contribution in [3.63, 3.8) is 0 Å². The molecule has 1 fully saturated rings. The zero-order chi connectivity index (χ0) is 26.1. The average molecular weight is 522 g/mol. The molecule has 1 aliphatic heterocycles. The molecule has 2 amide bonds. The predicted molar refractivity (Wildman–Crippen MR) is 145 cm³/mol. The molecule has 37 heavy (non-hydrogen) atoms. The second kappa shape index (κ2) is 10.7. The van der Waals surface area contributed by atoms with E-state index in [0.29, 0.717) is 18.8 Å². The van der Waals surface area contributed by atoms with Gasteiger partial charge in [0.25, 0.3) is 11.8 Å². The largest absolute Gasteiger partial charge is 0.484 e. The topological polar surface area (TPSA) is 80.6 Å². The molecule has 3 heterocycles. The van der Waals surface area contributed by atoms with Gasteiger partial charge in [0, 0.05) is 44.0 Å². The van der Waals surface area contributed by atoms with Gasteiger partial charge in [-0.05, 0) is 75.6 Å². The first-order valence-corrected chi connectivity index (χ1v) is 14.0. The summed E-state index contributed by atoms with van der Waals surface area (Å²) in [6, 6.07) is 5.89. The quantitative estimate of drug-likeness (QED) is 0.479. The molecule has 1 aromatic carbocycles. The van der Waals surface area contributed by atoms with Gasteiger partial charge >= 0.3 is 0 Å². The number of amides is 2. The third-order valence-corrected chi connectivity index (χ3v) is 8.69. The molecule has 9 heteroatoms. The Labute approximate surface area is 222 Å². The molecule has 0 N–H and O–H groups in total. The molecular weight excluding hydrogens is 486 g/mol. The maximum atomic E-state index is 13.3. The summed E-state index contributed by atoms with van der Waals surface area (Å²) in [6.07, 6.45) is 5.90. The molecular formula is C28H35N5O3S. The van der Waals surface area contributed by atoms with Gasteiger partial charge in [-0.2, -0.15) is 5.10 Å². The van der Waals surface area contributed by atoms with Crippen molar-refractivity contribution < 1.29 is 14.3 Å². The lowest BCUT2D eigenvalue weighted by Crippen LogP contribution is -2.40. The van der Waals surface area contributed by atoms with E-state index in [0.717, 1.165) is 66.4 Å². The van der Waals surface area contributed by atoms with Crippen molar-refractivity contribution in [3.05, 3.63) is 56.7 Å². The lowest BCUT2D eigenvalue weighted by Gasteiger charge is -2.31. The van der Waals surface area contributed by atoms with Crippen LogP contribution in [0, 0.1) is 13.8 Å². The standard InChI is InChI=1S/C28H35N5O3S/c1-18-9-10-21(15-19(18)2)36-16-25(34)33-13-11-20(12-14-33)26-29-24(17-37-26)28(35)31(3)27-22-7-5-6-8-23(22)30-32(27)4/h9-10,15,17,20H,5-8,11-14,16H2,1-4H3. The van der Waals surface area contributed by atoms with Gasteiger partial charge in [0.2, 0.25) is 0 Å². The van der Waals surface area contributed by atoms with Crippen molar-refractivity contribution in [1.82, 2.24) is 19.7 Å².